The van der Waals surface area contributed by atoms with Crippen LogP contribution in [-0.4, -0.2) is 56.0 Å². The molecule has 3 rings (SSSR count). The SMILES string of the molecule is CCOCCCNC(=O)CC1CCN(S(=O)(=O)c2ccc3c(c2)oc(=O)n3CC)CC1. The van der Waals surface area contributed by atoms with Crippen molar-refractivity contribution in [2.45, 2.75) is 51.0 Å². The highest BCUT2D eigenvalue weighted by Gasteiger charge is 2.30. The summed E-state index contributed by atoms with van der Waals surface area (Å²) in [5.74, 6) is -0.333. The molecule has 1 aromatic carbocycles. The minimum Gasteiger partial charge on any atom is -0.408 e. The smallest absolute Gasteiger partial charge is 0.408 e. The lowest BCUT2D eigenvalue weighted by atomic mass is 9.94. The molecule has 0 atom stereocenters. The van der Waals surface area contributed by atoms with Crippen molar-refractivity contribution < 1.29 is 22.4 Å². The van der Waals surface area contributed by atoms with Gasteiger partial charge < -0.3 is 14.5 Å². The van der Waals surface area contributed by atoms with E-state index in [2.05, 4.69) is 5.32 Å². The van der Waals surface area contributed by atoms with Gasteiger partial charge in [0.1, 0.15) is 0 Å². The molecule has 172 valence electrons. The monoisotopic (exact) mass is 453 g/mol. The summed E-state index contributed by atoms with van der Waals surface area (Å²) >= 11 is 0. The normalized spacial score (nSPS) is 16.1. The van der Waals surface area contributed by atoms with Crippen LogP contribution in [0.1, 0.15) is 39.5 Å². The Balaban J connectivity index is 1.55. The zero-order valence-corrected chi connectivity index (χ0v) is 18.9. The van der Waals surface area contributed by atoms with E-state index in [1.165, 1.54) is 21.0 Å². The molecule has 1 aromatic heterocycles. The van der Waals surface area contributed by atoms with E-state index in [0.717, 1.165) is 6.42 Å². The molecule has 1 saturated heterocycles. The van der Waals surface area contributed by atoms with E-state index in [4.69, 9.17) is 9.15 Å². The predicted molar refractivity (Wildman–Crippen MR) is 116 cm³/mol. The Hall–Kier alpha value is -2.17. The summed E-state index contributed by atoms with van der Waals surface area (Å²) in [6, 6.07) is 4.54. The Kier molecular flexibility index (Phi) is 7.90. The van der Waals surface area contributed by atoms with Gasteiger partial charge in [-0.15, -0.1) is 0 Å². The number of hydrogen-bond donors (Lipinski definition) is 1. The van der Waals surface area contributed by atoms with E-state index in [1.807, 2.05) is 13.8 Å². The molecule has 0 saturated carbocycles. The second-order valence-corrected chi connectivity index (χ2v) is 9.63. The van der Waals surface area contributed by atoms with Crippen molar-refractivity contribution in [3.8, 4) is 0 Å². The van der Waals surface area contributed by atoms with Gasteiger partial charge >= 0.3 is 5.76 Å². The zero-order chi connectivity index (χ0) is 22.4. The Morgan fingerprint density at radius 2 is 2.00 bits per heavy atom. The van der Waals surface area contributed by atoms with Gasteiger partial charge in [-0.25, -0.2) is 13.2 Å². The zero-order valence-electron chi connectivity index (χ0n) is 18.1. The maximum atomic E-state index is 13.1. The van der Waals surface area contributed by atoms with Gasteiger partial charge in [0, 0.05) is 51.9 Å². The van der Waals surface area contributed by atoms with Crippen molar-refractivity contribution in [2.24, 2.45) is 5.92 Å². The number of nitrogens with one attached hydrogen (secondary N) is 1. The Bertz CT molecular complexity index is 1050. The lowest BCUT2D eigenvalue weighted by Crippen LogP contribution is -2.39. The number of rotatable bonds is 10. The second kappa shape index (κ2) is 10.4. The van der Waals surface area contributed by atoms with Gasteiger partial charge in [-0.1, -0.05) is 0 Å². The molecule has 31 heavy (non-hydrogen) atoms. The lowest BCUT2D eigenvalue weighted by Gasteiger charge is -2.31. The summed E-state index contributed by atoms with van der Waals surface area (Å²) in [4.78, 5) is 24.1. The molecule has 0 bridgehead atoms. The molecule has 9 nitrogen and oxygen atoms in total. The number of aryl methyl sites for hydroxylation is 1. The maximum absolute atomic E-state index is 13.1. The first-order chi connectivity index (χ1) is 14.9. The quantitative estimate of drug-likeness (QED) is 0.551. The molecule has 0 radical (unpaired) electrons. The number of carbonyl (C=O) groups is 1. The van der Waals surface area contributed by atoms with E-state index in [1.54, 1.807) is 6.07 Å². The minimum absolute atomic E-state index is 0.00118. The summed E-state index contributed by atoms with van der Waals surface area (Å²) in [6.45, 7) is 6.83. The largest absolute Gasteiger partial charge is 0.419 e. The van der Waals surface area contributed by atoms with E-state index in [0.29, 0.717) is 64.2 Å². The highest BCUT2D eigenvalue weighted by Crippen LogP contribution is 2.27. The molecule has 1 aliphatic rings. The number of sulfonamides is 1. The number of benzene rings is 1. The van der Waals surface area contributed by atoms with Crippen molar-refractivity contribution in [3.63, 3.8) is 0 Å². The number of piperidine rings is 1. The van der Waals surface area contributed by atoms with Crippen LogP contribution >= 0.6 is 0 Å². The Labute approximate surface area is 182 Å². The van der Waals surface area contributed by atoms with E-state index in [9.17, 15) is 18.0 Å². The molecule has 10 heteroatoms. The maximum Gasteiger partial charge on any atom is 0.419 e. The average Bonchev–Trinajstić information content (AvgIpc) is 3.08. The molecule has 0 unspecified atom stereocenters. The van der Waals surface area contributed by atoms with Crippen molar-refractivity contribution in [1.29, 1.82) is 0 Å². The van der Waals surface area contributed by atoms with Crippen molar-refractivity contribution in [1.82, 2.24) is 14.2 Å². The number of aromatic nitrogens is 1. The van der Waals surface area contributed by atoms with Gasteiger partial charge in [0.25, 0.3) is 0 Å². The number of carbonyl (C=O) groups excluding carboxylic acids is 1. The highest BCUT2D eigenvalue weighted by atomic mass is 32.2. The number of amides is 1. The number of nitrogens with zero attached hydrogens (tertiary/aromatic N) is 2. The number of hydrogen-bond acceptors (Lipinski definition) is 6. The third kappa shape index (κ3) is 5.55. The van der Waals surface area contributed by atoms with Crippen LogP contribution in [0.15, 0.2) is 32.3 Å². The Morgan fingerprint density at radius 3 is 2.68 bits per heavy atom. The summed E-state index contributed by atoms with van der Waals surface area (Å²) < 4.78 is 39.5. The summed E-state index contributed by atoms with van der Waals surface area (Å²) in [7, 11) is -3.69. The first-order valence-corrected chi connectivity index (χ1v) is 12.3. The van der Waals surface area contributed by atoms with Crippen LogP contribution in [0.5, 0.6) is 0 Å². The molecule has 1 fully saturated rings. The molecule has 1 aliphatic heterocycles. The van der Waals surface area contributed by atoms with Crippen molar-refractivity contribution in [3.05, 3.63) is 28.7 Å². The molecular formula is C21H31N3O6S. The first kappa shape index (κ1) is 23.5. The fourth-order valence-corrected chi connectivity index (χ4v) is 5.38. The van der Waals surface area contributed by atoms with Crippen LogP contribution in [0.3, 0.4) is 0 Å². The Morgan fingerprint density at radius 1 is 1.26 bits per heavy atom. The molecule has 0 spiro atoms. The molecular weight excluding hydrogens is 422 g/mol. The van der Waals surface area contributed by atoms with Gasteiger partial charge in [-0.2, -0.15) is 4.31 Å². The summed E-state index contributed by atoms with van der Waals surface area (Å²) in [5, 5.41) is 2.90. The van der Waals surface area contributed by atoms with Gasteiger partial charge in [0.15, 0.2) is 5.58 Å². The van der Waals surface area contributed by atoms with Crippen LogP contribution in [0.25, 0.3) is 11.1 Å². The van der Waals surface area contributed by atoms with Gasteiger partial charge in [0.05, 0.1) is 10.4 Å². The standard InChI is InChI=1S/C21H31N3O6S/c1-3-24-18-7-6-17(15-19(18)30-21(24)26)31(27,28)23-11-8-16(9-12-23)14-20(25)22-10-5-13-29-4-2/h6-7,15-16H,3-5,8-14H2,1-2H3,(H,22,25). The molecule has 0 aliphatic carbocycles. The van der Waals surface area contributed by atoms with Crippen LogP contribution in [0, 0.1) is 5.92 Å². The van der Waals surface area contributed by atoms with E-state index >= 15 is 0 Å². The topological polar surface area (TPSA) is 111 Å². The first-order valence-electron chi connectivity index (χ1n) is 10.8. The predicted octanol–water partition coefficient (Wildman–Crippen LogP) is 1.95. The van der Waals surface area contributed by atoms with Crippen LogP contribution in [-0.2, 0) is 26.1 Å². The highest BCUT2D eigenvalue weighted by molar-refractivity contribution is 7.89. The fraction of sp³-hybridized carbons (Fsp3) is 0.619. The number of ether oxygens (including phenoxy) is 1. The number of oxazole rings is 1. The van der Waals surface area contributed by atoms with Gasteiger partial charge in [-0.05, 0) is 51.2 Å². The van der Waals surface area contributed by atoms with Crippen molar-refractivity contribution >= 4 is 27.0 Å². The third-order valence-electron chi connectivity index (χ3n) is 5.63. The molecule has 2 heterocycles. The third-order valence-corrected chi connectivity index (χ3v) is 7.53. The van der Waals surface area contributed by atoms with E-state index < -0.39 is 15.8 Å². The van der Waals surface area contributed by atoms with Gasteiger partial charge in [-0.3, -0.25) is 9.36 Å². The second-order valence-electron chi connectivity index (χ2n) is 7.69. The lowest BCUT2D eigenvalue weighted by molar-refractivity contribution is -0.122. The average molecular weight is 454 g/mol. The van der Waals surface area contributed by atoms with Crippen LogP contribution in [0.4, 0.5) is 0 Å². The molecule has 1 N–H and O–H groups in total. The number of fused-ring (bicyclic) bond motifs is 1. The van der Waals surface area contributed by atoms with E-state index in [-0.39, 0.29) is 22.3 Å². The van der Waals surface area contributed by atoms with Gasteiger partial charge in [0.2, 0.25) is 15.9 Å². The van der Waals surface area contributed by atoms with Crippen molar-refractivity contribution in [2.75, 3.05) is 32.8 Å². The summed E-state index contributed by atoms with van der Waals surface area (Å²) in [5.41, 5.74) is 0.848. The minimum atomic E-state index is -3.69. The van der Waals surface area contributed by atoms with Crippen LogP contribution < -0.4 is 11.1 Å². The fourth-order valence-electron chi connectivity index (χ4n) is 3.89. The molecule has 1 amide bonds. The molecule has 2 aromatic rings. The van der Waals surface area contributed by atoms with Crippen LogP contribution in [0.2, 0.25) is 0 Å². The summed E-state index contributed by atoms with van der Waals surface area (Å²) in [6.07, 6.45) is 2.46.